The number of carbonyl (C=O) groups is 1. The third-order valence-electron chi connectivity index (χ3n) is 3.15. The first-order valence-electron chi connectivity index (χ1n) is 6.68. The molecule has 2 rings (SSSR count). The van der Waals surface area contributed by atoms with Gasteiger partial charge in [-0.1, -0.05) is 38.0 Å². The Hall–Kier alpha value is -1.81. The molecule has 19 heavy (non-hydrogen) atoms. The zero-order chi connectivity index (χ0) is 13.7. The lowest BCUT2D eigenvalue weighted by molar-refractivity contribution is 0.0663. The van der Waals surface area contributed by atoms with Gasteiger partial charge in [0.15, 0.2) is 0 Å². The Kier molecular flexibility index (Phi) is 4.58. The normalized spacial score (nSPS) is 11.0. The Balaban J connectivity index is 2.15. The van der Waals surface area contributed by atoms with E-state index in [9.17, 15) is 9.90 Å². The Morgan fingerprint density at radius 2 is 2.11 bits per heavy atom. The Bertz CT molecular complexity index is 560. The maximum Gasteiger partial charge on any atom is 0.372 e. The van der Waals surface area contributed by atoms with Crippen molar-refractivity contribution in [2.24, 2.45) is 0 Å². The molecule has 0 atom stereocenters. The molecule has 2 aromatic rings. The lowest BCUT2D eigenvalue weighted by Crippen LogP contribution is -2.16. The number of para-hydroxylation sites is 1. The quantitative estimate of drug-likeness (QED) is 0.750. The molecule has 0 saturated carbocycles. The SMILES string of the molecule is CCCCCNCc1c(C(=O)O)oc2ccccc12. The topological polar surface area (TPSA) is 62.5 Å². The van der Waals surface area contributed by atoms with Gasteiger partial charge in [-0.3, -0.25) is 0 Å². The number of unbranched alkanes of at least 4 members (excludes halogenated alkanes) is 2. The maximum absolute atomic E-state index is 11.2. The van der Waals surface area contributed by atoms with Crippen LogP contribution in [0.2, 0.25) is 0 Å². The Labute approximate surface area is 112 Å². The summed E-state index contributed by atoms with van der Waals surface area (Å²) in [6.07, 6.45) is 3.47. The van der Waals surface area contributed by atoms with Crippen LogP contribution in [-0.4, -0.2) is 17.6 Å². The van der Waals surface area contributed by atoms with Crippen molar-refractivity contribution in [2.45, 2.75) is 32.7 Å². The van der Waals surface area contributed by atoms with Crippen molar-refractivity contribution in [1.82, 2.24) is 5.32 Å². The summed E-state index contributed by atoms with van der Waals surface area (Å²) in [5.41, 5.74) is 1.37. The number of nitrogens with one attached hydrogen (secondary N) is 1. The number of rotatable bonds is 7. The number of aromatic carboxylic acids is 1. The molecule has 0 aliphatic heterocycles. The summed E-state index contributed by atoms with van der Waals surface area (Å²) in [4.78, 5) is 11.2. The minimum Gasteiger partial charge on any atom is -0.475 e. The van der Waals surface area contributed by atoms with Crippen molar-refractivity contribution in [3.8, 4) is 0 Å². The highest BCUT2D eigenvalue weighted by atomic mass is 16.4. The molecule has 0 bridgehead atoms. The molecule has 1 aromatic heterocycles. The molecule has 2 N–H and O–H groups in total. The van der Waals surface area contributed by atoms with E-state index in [0.29, 0.717) is 12.1 Å². The largest absolute Gasteiger partial charge is 0.475 e. The Morgan fingerprint density at radius 3 is 2.84 bits per heavy atom. The first-order chi connectivity index (χ1) is 9.24. The monoisotopic (exact) mass is 261 g/mol. The van der Waals surface area contributed by atoms with E-state index in [1.807, 2.05) is 18.2 Å². The van der Waals surface area contributed by atoms with Gasteiger partial charge >= 0.3 is 5.97 Å². The molecule has 0 saturated heterocycles. The third-order valence-corrected chi connectivity index (χ3v) is 3.15. The lowest BCUT2D eigenvalue weighted by atomic mass is 10.1. The number of hydrogen-bond donors (Lipinski definition) is 2. The summed E-state index contributed by atoms with van der Waals surface area (Å²) in [6.45, 7) is 3.58. The van der Waals surface area contributed by atoms with Gasteiger partial charge in [0.05, 0.1) is 0 Å². The summed E-state index contributed by atoms with van der Waals surface area (Å²) < 4.78 is 5.40. The van der Waals surface area contributed by atoms with E-state index in [1.165, 1.54) is 12.8 Å². The van der Waals surface area contributed by atoms with Crippen LogP contribution in [0, 0.1) is 0 Å². The van der Waals surface area contributed by atoms with E-state index in [0.717, 1.165) is 23.9 Å². The van der Waals surface area contributed by atoms with Gasteiger partial charge in [-0.25, -0.2) is 4.79 Å². The van der Waals surface area contributed by atoms with Crippen LogP contribution in [0.15, 0.2) is 28.7 Å². The fourth-order valence-electron chi connectivity index (χ4n) is 2.16. The molecule has 4 heteroatoms. The van der Waals surface area contributed by atoms with Gasteiger partial charge in [0.25, 0.3) is 0 Å². The lowest BCUT2D eigenvalue weighted by Gasteiger charge is -2.03. The van der Waals surface area contributed by atoms with Gasteiger partial charge in [0, 0.05) is 17.5 Å². The molecular weight excluding hydrogens is 242 g/mol. The molecular formula is C15H19NO3. The Morgan fingerprint density at radius 1 is 1.32 bits per heavy atom. The van der Waals surface area contributed by atoms with E-state index in [1.54, 1.807) is 6.07 Å². The zero-order valence-corrected chi connectivity index (χ0v) is 11.1. The van der Waals surface area contributed by atoms with Crippen LogP contribution < -0.4 is 5.32 Å². The number of furan rings is 1. The summed E-state index contributed by atoms with van der Waals surface area (Å²) in [5.74, 6) is -0.967. The van der Waals surface area contributed by atoms with Gasteiger partial charge < -0.3 is 14.8 Å². The minimum absolute atomic E-state index is 0.0455. The van der Waals surface area contributed by atoms with E-state index in [4.69, 9.17) is 4.42 Å². The first kappa shape index (κ1) is 13.6. The highest BCUT2D eigenvalue weighted by Gasteiger charge is 2.18. The van der Waals surface area contributed by atoms with Crippen LogP contribution >= 0.6 is 0 Å². The van der Waals surface area contributed by atoms with Crippen LogP contribution in [0.5, 0.6) is 0 Å². The molecule has 0 spiro atoms. The standard InChI is InChI=1S/C15H19NO3/c1-2-3-6-9-16-10-12-11-7-4-5-8-13(11)19-14(12)15(17)18/h4-5,7-8,16H,2-3,6,9-10H2,1H3,(H,17,18). The first-order valence-corrected chi connectivity index (χ1v) is 6.68. The average Bonchev–Trinajstić information content (AvgIpc) is 2.78. The van der Waals surface area contributed by atoms with Crippen molar-refractivity contribution in [3.63, 3.8) is 0 Å². The zero-order valence-electron chi connectivity index (χ0n) is 11.1. The van der Waals surface area contributed by atoms with Crippen molar-refractivity contribution >= 4 is 16.9 Å². The summed E-state index contributed by atoms with van der Waals surface area (Å²) in [7, 11) is 0. The van der Waals surface area contributed by atoms with Gasteiger partial charge in [0.2, 0.25) is 5.76 Å². The van der Waals surface area contributed by atoms with Crippen LogP contribution in [0.3, 0.4) is 0 Å². The van der Waals surface area contributed by atoms with E-state index < -0.39 is 5.97 Å². The van der Waals surface area contributed by atoms with Crippen molar-refractivity contribution in [2.75, 3.05) is 6.54 Å². The summed E-state index contributed by atoms with van der Waals surface area (Å²) in [5, 5.41) is 13.4. The fraction of sp³-hybridized carbons (Fsp3) is 0.400. The van der Waals surface area contributed by atoms with E-state index in [2.05, 4.69) is 12.2 Å². The molecule has 0 amide bonds. The second kappa shape index (κ2) is 6.38. The number of fused-ring (bicyclic) bond motifs is 1. The van der Waals surface area contributed by atoms with Gasteiger partial charge in [-0.15, -0.1) is 0 Å². The maximum atomic E-state index is 11.2. The molecule has 1 aromatic carbocycles. The summed E-state index contributed by atoms with van der Waals surface area (Å²) in [6, 6.07) is 7.43. The van der Waals surface area contributed by atoms with Crippen LogP contribution in [0.4, 0.5) is 0 Å². The molecule has 0 fully saturated rings. The van der Waals surface area contributed by atoms with E-state index >= 15 is 0 Å². The number of hydrogen-bond acceptors (Lipinski definition) is 3. The van der Waals surface area contributed by atoms with Crippen LogP contribution in [0.1, 0.15) is 42.3 Å². The molecule has 0 unspecified atom stereocenters. The smallest absolute Gasteiger partial charge is 0.372 e. The second-order valence-electron chi connectivity index (χ2n) is 4.59. The summed E-state index contributed by atoms with van der Waals surface area (Å²) >= 11 is 0. The van der Waals surface area contributed by atoms with E-state index in [-0.39, 0.29) is 5.76 Å². The van der Waals surface area contributed by atoms with Crippen molar-refractivity contribution in [1.29, 1.82) is 0 Å². The minimum atomic E-state index is -1.01. The molecule has 1 heterocycles. The highest BCUT2D eigenvalue weighted by Crippen LogP contribution is 2.25. The van der Waals surface area contributed by atoms with Crippen molar-refractivity contribution < 1.29 is 14.3 Å². The van der Waals surface area contributed by atoms with Crippen LogP contribution in [-0.2, 0) is 6.54 Å². The van der Waals surface area contributed by atoms with Gasteiger partial charge in [-0.05, 0) is 19.0 Å². The average molecular weight is 261 g/mol. The van der Waals surface area contributed by atoms with Gasteiger partial charge in [-0.2, -0.15) is 0 Å². The molecule has 4 nitrogen and oxygen atoms in total. The van der Waals surface area contributed by atoms with Crippen molar-refractivity contribution in [3.05, 3.63) is 35.6 Å². The number of carboxylic acid groups (broad SMARTS) is 1. The number of carboxylic acids is 1. The molecule has 0 aliphatic rings. The highest BCUT2D eigenvalue weighted by molar-refractivity contribution is 5.95. The second-order valence-corrected chi connectivity index (χ2v) is 4.59. The predicted molar refractivity (Wildman–Crippen MR) is 74.4 cm³/mol. The molecule has 0 aliphatic carbocycles. The fourth-order valence-corrected chi connectivity index (χ4v) is 2.16. The predicted octanol–water partition coefficient (Wildman–Crippen LogP) is 3.41. The third kappa shape index (κ3) is 3.15. The number of benzene rings is 1. The molecule has 102 valence electrons. The molecule has 0 radical (unpaired) electrons. The van der Waals surface area contributed by atoms with Crippen LogP contribution in [0.25, 0.3) is 11.0 Å². The van der Waals surface area contributed by atoms with Gasteiger partial charge in [0.1, 0.15) is 5.58 Å².